The first-order valence-corrected chi connectivity index (χ1v) is 9.17. The van der Waals surface area contributed by atoms with Gasteiger partial charge in [-0.15, -0.1) is 0 Å². The summed E-state index contributed by atoms with van der Waals surface area (Å²) in [7, 11) is 0. The molecule has 0 saturated carbocycles. The van der Waals surface area contributed by atoms with Gasteiger partial charge in [0, 0.05) is 23.8 Å². The van der Waals surface area contributed by atoms with Crippen LogP contribution in [0.15, 0.2) is 40.5 Å². The highest BCUT2D eigenvalue weighted by Crippen LogP contribution is 2.26. The summed E-state index contributed by atoms with van der Waals surface area (Å²) in [5.41, 5.74) is 2.20. The van der Waals surface area contributed by atoms with Gasteiger partial charge in [-0.3, -0.25) is 14.4 Å². The summed E-state index contributed by atoms with van der Waals surface area (Å²) in [6.45, 7) is 8.39. The van der Waals surface area contributed by atoms with Crippen LogP contribution in [-0.2, 0) is 14.4 Å². The van der Waals surface area contributed by atoms with Gasteiger partial charge in [0.05, 0.1) is 5.02 Å². The van der Waals surface area contributed by atoms with Gasteiger partial charge in [0.25, 0.3) is 5.91 Å². The number of anilines is 1. The molecule has 0 fully saturated rings. The van der Waals surface area contributed by atoms with E-state index in [1.807, 2.05) is 6.92 Å². The summed E-state index contributed by atoms with van der Waals surface area (Å²) < 4.78 is 13.3. The van der Waals surface area contributed by atoms with E-state index < -0.39 is 23.3 Å². The van der Waals surface area contributed by atoms with Gasteiger partial charge in [-0.2, -0.15) is 0 Å². The monoisotopic (exact) mass is 393 g/mol. The summed E-state index contributed by atoms with van der Waals surface area (Å²) in [5, 5.41) is 2.57. The van der Waals surface area contributed by atoms with Gasteiger partial charge in [0.15, 0.2) is 5.78 Å². The fourth-order valence-electron chi connectivity index (χ4n) is 2.73. The van der Waals surface area contributed by atoms with E-state index in [2.05, 4.69) is 5.32 Å². The second-order valence-corrected chi connectivity index (χ2v) is 6.96. The number of allylic oxidation sites excluding steroid dienone is 2. The van der Waals surface area contributed by atoms with Crippen LogP contribution in [-0.4, -0.2) is 17.5 Å². The molecule has 6 heteroatoms. The lowest BCUT2D eigenvalue weighted by atomic mass is 9.90. The summed E-state index contributed by atoms with van der Waals surface area (Å²) >= 11 is 5.76. The maximum absolute atomic E-state index is 13.3. The Kier molecular flexibility index (Phi) is 8.57. The third kappa shape index (κ3) is 6.14. The Morgan fingerprint density at radius 2 is 1.74 bits per heavy atom. The number of ketones is 2. The molecule has 0 bridgehead atoms. The van der Waals surface area contributed by atoms with Gasteiger partial charge in [0.1, 0.15) is 5.82 Å². The Balaban J connectivity index is 3.32. The first kappa shape index (κ1) is 22.8. The quantitative estimate of drug-likeness (QED) is 0.364. The molecule has 27 heavy (non-hydrogen) atoms. The van der Waals surface area contributed by atoms with Crippen LogP contribution in [0.2, 0.25) is 5.02 Å². The predicted octanol–water partition coefficient (Wildman–Crippen LogP) is 5.42. The highest BCUT2D eigenvalue weighted by molar-refractivity contribution is 6.43. The van der Waals surface area contributed by atoms with Crippen molar-refractivity contribution in [3.63, 3.8) is 0 Å². The van der Waals surface area contributed by atoms with Gasteiger partial charge in [-0.05, 0) is 57.4 Å². The first-order valence-electron chi connectivity index (χ1n) is 8.79. The minimum Gasteiger partial charge on any atom is -0.322 e. The van der Waals surface area contributed by atoms with E-state index in [-0.39, 0.29) is 5.02 Å². The number of rotatable bonds is 8. The topological polar surface area (TPSA) is 63.2 Å². The molecule has 0 radical (unpaired) electrons. The highest BCUT2D eigenvalue weighted by atomic mass is 35.5. The zero-order valence-electron chi connectivity index (χ0n) is 16.3. The van der Waals surface area contributed by atoms with E-state index in [0.29, 0.717) is 34.4 Å². The van der Waals surface area contributed by atoms with Crippen molar-refractivity contribution in [3.8, 4) is 0 Å². The number of benzene rings is 1. The summed E-state index contributed by atoms with van der Waals surface area (Å²) in [6, 6.07) is 3.88. The van der Waals surface area contributed by atoms with E-state index >= 15 is 0 Å². The zero-order chi connectivity index (χ0) is 20.7. The molecular formula is C21H25ClFNO3. The molecule has 1 amide bonds. The lowest BCUT2D eigenvalue weighted by molar-refractivity contribution is -0.133. The molecule has 0 unspecified atom stereocenters. The Hall–Kier alpha value is -2.27. The third-order valence-electron chi connectivity index (χ3n) is 4.11. The largest absolute Gasteiger partial charge is 0.322 e. The lowest BCUT2D eigenvalue weighted by Crippen LogP contribution is -2.20. The molecule has 0 aliphatic heterocycles. The molecule has 146 valence electrons. The number of carbonyl (C=O) groups is 3. The van der Waals surface area contributed by atoms with Crippen LogP contribution in [0.3, 0.4) is 0 Å². The van der Waals surface area contributed by atoms with Crippen LogP contribution in [0.5, 0.6) is 0 Å². The number of halogens is 2. The van der Waals surface area contributed by atoms with Gasteiger partial charge >= 0.3 is 0 Å². The number of hydrogen-bond acceptors (Lipinski definition) is 3. The van der Waals surface area contributed by atoms with Crippen LogP contribution in [0.1, 0.15) is 53.9 Å². The summed E-state index contributed by atoms with van der Waals surface area (Å²) in [6.07, 6.45) is 2.01. The molecule has 4 nitrogen and oxygen atoms in total. The Morgan fingerprint density at radius 3 is 2.22 bits per heavy atom. The second kappa shape index (κ2) is 10.2. The van der Waals surface area contributed by atoms with E-state index in [4.69, 9.17) is 11.6 Å². The fraction of sp³-hybridized carbons (Fsp3) is 0.381. The SMILES string of the molecule is CCCC/C(C(=O)C(C)=O)=C(/C)C(C(=O)Nc1ccc(F)c(Cl)c1)=C(C)C. The van der Waals surface area contributed by atoms with E-state index in [1.165, 1.54) is 19.1 Å². The molecule has 1 aromatic rings. The molecule has 1 aromatic carbocycles. The fourth-order valence-corrected chi connectivity index (χ4v) is 2.91. The van der Waals surface area contributed by atoms with Crippen LogP contribution < -0.4 is 5.32 Å². The Labute approximate surface area is 164 Å². The van der Waals surface area contributed by atoms with Crippen LogP contribution >= 0.6 is 11.6 Å². The number of unbranched alkanes of at least 4 members (excludes halogenated alkanes) is 1. The molecule has 0 spiro atoms. The maximum Gasteiger partial charge on any atom is 0.255 e. The summed E-state index contributed by atoms with van der Waals surface area (Å²) in [5.74, 6) is -2.15. The van der Waals surface area contributed by atoms with Crippen LogP contribution in [0.4, 0.5) is 10.1 Å². The van der Waals surface area contributed by atoms with Crippen LogP contribution in [0.25, 0.3) is 0 Å². The number of carbonyl (C=O) groups excluding carboxylic acids is 3. The van der Waals surface area contributed by atoms with Crippen molar-refractivity contribution in [2.75, 3.05) is 5.32 Å². The van der Waals surface area contributed by atoms with Crippen molar-refractivity contribution in [2.45, 2.75) is 53.9 Å². The van der Waals surface area contributed by atoms with Crippen molar-refractivity contribution in [3.05, 3.63) is 51.3 Å². The molecule has 0 aromatic heterocycles. The van der Waals surface area contributed by atoms with Crippen molar-refractivity contribution in [1.82, 2.24) is 0 Å². The van der Waals surface area contributed by atoms with Crippen molar-refractivity contribution < 1.29 is 18.8 Å². The zero-order valence-corrected chi connectivity index (χ0v) is 17.1. The third-order valence-corrected chi connectivity index (χ3v) is 4.40. The maximum atomic E-state index is 13.3. The van der Waals surface area contributed by atoms with Gasteiger partial charge < -0.3 is 5.32 Å². The molecule has 0 aliphatic carbocycles. The Morgan fingerprint density at radius 1 is 1.11 bits per heavy atom. The normalized spacial score (nSPS) is 11.5. The summed E-state index contributed by atoms with van der Waals surface area (Å²) in [4.78, 5) is 36.8. The average Bonchev–Trinajstić information content (AvgIpc) is 2.58. The standard InChI is InChI=1S/C21H25ClFNO3/c1-6-7-8-16(20(26)14(5)25)13(4)19(12(2)3)21(27)24-15-9-10-18(23)17(22)11-15/h9-11H,6-8H2,1-5H3,(H,24,27)/b16-13+. The van der Waals surface area contributed by atoms with Gasteiger partial charge in [-0.1, -0.05) is 30.5 Å². The average molecular weight is 394 g/mol. The minimum atomic E-state index is -0.581. The minimum absolute atomic E-state index is 0.103. The van der Waals surface area contributed by atoms with E-state index in [9.17, 15) is 18.8 Å². The van der Waals surface area contributed by atoms with Crippen LogP contribution in [0, 0.1) is 5.82 Å². The molecule has 0 atom stereocenters. The molecule has 0 heterocycles. The van der Waals surface area contributed by atoms with Gasteiger partial charge in [-0.25, -0.2) is 4.39 Å². The smallest absolute Gasteiger partial charge is 0.255 e. The molecule has 0 aliphatic rings. The number of Topliss-reactive ketones (excluding diaryl/α,β-unsaturated/α-hetero) is 2. The van der Waals surface area contributed by atoms with Crippen molar-refractivity contribution >= 4 is 34.8 Å². The first-order chi connectivity index (χ1) is 12.6. The molecule has 1 rings (SSSR count). The number of amides is 1. The van der Waals surface area contributed by atoms with Crippen molar-refractivity contribution in [1.29, 1.82) is 0 Å². The van der Waals surface area contributed by atoms with Crippen molar-refractivity contribution in [2.24, 2.45) is 0 Å². The molecule has 0 saturated heterocycles. The molecular weight excluding hydrogens is 369 g/mol. The second-order valence-electron chi connectivity index (χ2n) is 6.55. The predicted molar refractivity (Wildman–Crippen MR) is 106 cm³/mol. The Bertz CT molecular complexity index is 821. The lowest BCUT2D eigenvalue weighted by Gasteiger charge is -2.16. The highest BCUT2D eigenvalue weighted by Gasteiger charge is 2.23. The number of hydrogen-bond donors (Lipinski definition) is 1. The van der Waals surface area contributed by atoms with E-state index in [0.717, 1.165) is 18.9 Å². The number of nitrogens with one attached hydrogen (secondary N) is 1. The van der Waals surface area contributed by atoms with E-state index in [1.54, 1.807) is 20.8 Å². The van der Waals surface area contributed by atoms with Gasteiger partial charge in [0.2, 0.25) is 5.78 Å². The molecule has 1 N–H and O–H groups in total.